The summed E-state index contributed by atoms with van der Waals surface area (Å²) in [6.07, 6.45) is 1.04. The first kappa shape index (κ1) is 21.4. The van der Waals surface area contributed by atoms with Crippen LogP contribution in [0.1, 0.15) is 34.7 Å². The lowest BCUT2D eigenvalue weighted by Crippen LogP contribution is -2.36. The monoisotopic (exact) mass is 472 g/mol. The number of hydrogen-bond acceptors (Lipinski definition) is 3. The number of thiophene rings is 1. The Morgan fingerprint density at radius 2 is 1.96 bits per heavy atom. The van der Waals surface area contributed by atoms with Gasteiger partial charge in [-0.25, -0.2) is 9.38 Å². The lowest BCUT2D eigenvalue weighted by atomic mass is 10.1. The van der Waals surface area contributed by atoms with Gasteiger partial charge in [-0.15, -0.1) is 35.3 Å². The highest BCUT2D eigenvalue weighted by molar-refractivity contribution is 14.0. The molecule has 0 fully saturated rings. The lowest BCUT2D eigenvalue weighted by molar-refractivity contribution is 0.610. The van der Waals surface area contributed by atoms with Crippen molar-refractivity contribution < 1.29 is 4.39 Å². The first-order valence-corrected chi connectivity index (χ1v) is 8.76. The summed E-state index contributed by atoms with van der Waals surface area (Å²) in [4.78, 5) is 6.99. The van der Waals surface area contributed by atoms with Crippen LogP contribution in [0.5, 0.6) is 0 Å². The minimum absolute atomic E-state index is 0. The van der Waals surface area contributed by atoms with Crippen LogP contribution in [0.4, 0.5) is 4.39 Å². The molecule has 0 amide bonds. The van der Waals surface area contributed by atoms with E-state index in [9.17, 15) is 4.39 Å². The lowest BCUT2D eigenvalue weighted by Gasteiger charge is -2.10. The predicted molar refractivity (Wildman–Crippen MR) is 112 cm³/mol. The Morgan fingerprint density at radius 1 is 1.20 bits per heavy atom. The smallest absolute Gasteiger partial charge is 0.191 e. The fourth-order valence-electron chi connectivity index (χ4n) is 2.15. The van der Waals surface area contributed by atoms with E-state index in [4.69, 9.17) is 5.26 Å². The molecular formula is C18H22FIN4S. The molecule has 1 heterocycles. The fourth-order valence-corrected chi connectivity index (χ4v) is 3.05. The number of guanidine groups is 1. The van der Waals surface area contributed by atoms with Crippen molar-refractivity contribution >= 4 is 41.3 Å². The van der Waals surface area contributed by atoms with Crippen LogP contribution in [-0.4, -0.2) is 12.5 Å². The van der Waals surface area contributed by atoms with Gasteiger partial charge < -0.3 is 10.6 Å². The molecule has 0 aliphatic rings. The molecule has 7 heteroatoms. The van der Waals surface area contributed by atoms with Gasteiger partial charge in [0, 0.05) is 21.9 Å². The van der Waals surface area contributed by atoms with Gasteiger partial charge in [-0.3, -0.25) is 0 Å². The summed E-state index contributed by atoms with van der Waals surface area (Å²) in [5, 5.41) is 15.3. The molecule has 1 aromatic carbocycles. The molecule has 0 spiro atoms. The van der Waals surface area contributed by atoms with E-state index in [-0.39, 0.29) is 36.3 Å². The van der Waals surface area contributed by atoms with E-state index in [0.29, 0.717) is 23.6 Å². The number of nitrogens with zero attached hydrogens (tertiary/aromatic N) is 2. The summed E-state index contributed by atoms with van der Waals surface area (Å²) in [7, 11) is 0. The van der Waals surface area contributed by atoms with E-state index < -0.39 is 0 Å². The van der Waals surface area contributed by atoms with Crippen LogP contribution in [0.25, 0.3) is 0 Å². The van der Waals surface area contributed by atoms with Crippen LogP contribution in [0.3, 0.4) is 0 Å². The van der Waals surface area contributed by atoms with Gasteiger partial charge in [0.2, 0.25) is 0 Å². The quantitative estimate of drug-likeness (QED) is 0.377. The number of benzene rings is 1. The van der Waals surface area contributed by atoms with Crippen molar-refractivity contribution in [3.05, 3.63) is 57.0 Å². The molecule has 0 aliphatic heterocycles. The normalized spacial score (nSPS) is 10.7. The molecule has 0 bridgehead atoms. The van der Waals surface area contributed by atoms with E-state index in [1.54, 1.807) is 11.3 Å². The van der Waals surface area contributed by atoms with Crippen molar-refractivity contribution in [1.29, 1.82) is 5.26 Å². The number of aliphatic imine (C=N–C) groups is 1. The minimum atomic E-state index is -0.348. The summed E-state index contributed by atoms with van der Waals surface area (Å²) in [5.41, 5.74) is 0.848. The van der Waals surface area contributed by atoms with Gasteiger partial charge in [-0.05, 0) is 43.7 Å². The van der Waals surface area contributed by atoms with Crippen molar-refractivity contribution in [2.24, 2.45) is 4.99 Å². The topological polar surface area (TPSA) is 60.2 Å². The number of aryl methyl sites for hydroxylation is 1. The highest BCUT2D eigenvalue weighted by Crippen LogP contribution is 2.16. The van der Waals surface area contributed by atoms with Crippen LogP contribution in [0, 0.1) is 17.1 Å². The average molecular weight is 472 g/mol. The van der Waals surface area contributed by atoms with Gasteiger partial charge in [-0.1, -0.05) is 6.92 Å². The molecule has 134 valence electrons. The second kappa shape index (κ2) is 11.1. The van der Waals surface area contributed by atoms with Gasteiger partial charge in [0.15, 0.2) is 5.96 Å². The third-order valence-corrected chi connectivity index (χ3v) is 4.65. The van der Waals surface area contributed by atoms with Gasteiger partial charge in [0.25, 0.3) is 0 Å². The summed E-state index contributed by atoms with van der Waals surface area (Å²) in [6, 6.07) is 10.6. The average Bonchev–Trinajstić information content (AvgIpc) is 3.06. The third-order valence-electron chi connectivity index (χ3n) is 3.42. The second-order valence-corrected chi connectivity index (χ2v) is 6.44. The summed E-state index contributed by atoms with van der Waals surface area (Å²) >= 11 is 1.77. The van der Waals surface area contributed by atoms with E-state index in [2.05, 4.69) is 34.7 Å². The fraction of sp³-hybridized carbons (Fsp3) is 0.333. The molecule has 0 radical (unpaired) electrons. The molecule has 0 saturated heterocycles. The Hall–Kier alpha value is -1.66. The zero-order valence-corrected chi connectivity index (χ0v) is 17.5. The number of halogens is 2. The van der Waals surface area contributed by atoms with Crippen LogP contribution in [0.15, 0.2) is 35.3 Å². The van der Waals surface area contributed by atoms with Crippen molar-refractivity contribution in [3.63, 3.8) is 0 Å². The number of nitriles is 1. The Labute approximate surface area is 169 Å². The molecular weight excluding hydrogens is 450 g/mol. The molecule has 4 nitrogen and oxygen atoms in total. The Balaban J connectivity index is 0.00000312. The van der Waals surface area contributed by atoms with E-state index in [0.717, 1.165) is 13.0 Å². The summed E-state index contributed by atoms with van der Waals surface area (Å²) in [5.74, 6) is 0.283. The SMILES string of the molecule is CCNC(=NCc1cc(C#N)ccc1F)NCc1ccc(CC)s1.I. The summed E-state index contributed by atoms with van der Waals surface area (Å²) in [6.45, 7) is 5.70. The molecule has 0 saturated carbocycles. The van der Waals surface area contributed by atoms with Crippen molar-refractivity contribution in [2.75, 3.05) is 6.54 Å². The minimum Gasteiger partial charge on any atom is -0.357 e. The molecule has 2 N–H and O–H groups in total. The van der Waals surface area contributed by atoms with E-state index in [1.807, 2.05) is 13.0 Å². The largest absolute Gasteiger partial charge is 0.357 e. The van der Waals surface area contributed by atoms with Gasteiger partial charge in [0.05, 0.1) is 24.7 Å². The maximum Gasteiger partial charge on any atom is 0.191 e. The molecule has 0 unspecified atom stereocenters. The first-order chi connectivity index (χ1) is 11.7. The zero-order chi connectivity index (χ0) is 17.4. The third kappa shape index (κ3) is 6.63. The van der Waals surface area contributed by atoms with Crippen molar-refractivity contribution in [2.45, 2.75) is 33.4 Å². The van der Waals surface area contributed by atoms with Crippen LogP contribution >= 0.6 is 35.3 Å². The number of nitrogens with one attached hydrogen (secondary N) is 2. The van der Waals surface area contributed by atoms with Crippen LogP contribution in [0.2, 0.25) is 0 Å². The van der Waals surface area contributed by atoms with Crippen LogP contribution < -0.4 is 10.6 Å². The highest BCUT2D eigenvalue weighted by Gasteiger charge is 2.05. The number of rotatable bonds is 6. The molecule has 1 aromatic heterocycles. The predicted octanol–water partition coefficient (Wildman–Crippen LogP) is 4.19. The van der Waals surface area contributed by atoms with Crippen molar-refractivity contribution in [3.8, 4) is 6.07 Å². The molecule has 0 atom stereocenters. The van der Waals surface area contributed by atoms with E-state index in [1.165, 1.54) is 28.0 Å². The van der Waals surface area contributed by atoms with Crippen molar-refractivity contribution in [1.82, 2.24) is 10.6 Å². The molecule has 25 heavy (non-hydrogen) atoms. The highest BCUT2D eigenvalue weighted by atomic mass is 127. The first-order valence-electron chi connectivity index (χ1n) is 7.94. The van der Waals surface area contributed by atoms with Gasteiger partial charge in [0.1, 0.15) is 5.82 Å². The van der Waals surface area contributed by atoms with E-state index >= 15 is 0 Å². The molecule has 0 aliphatic carbocycles. The maximum atomic E-state index is 13.8. The zero-order valence-electron chi connectivity index (χ0n) is 14.3. The number of hydrogen-bond donors (Lipinski definition) is 2. The second-order valence-electron chi connectivity index (χ2n) is 5.19. The maximum absolute atomic E-state index is 13.8. The Kier molecular flexibility index (Phi) is 9.45. The Bertz CT molecular complexity index is 752. The molecule has 2 aromatic rings. The van der Waals surface area contributed by atoms with Crippen LogP contribution in [-0.2, 0) is 19.5 Å². The molecule has 2 rings (SSSR count). The van der Waals surface area contributed by atoms with Gasteiger partial charge >= 0.3 is 0 Å². The Morgan fingerprint density at radius 3 is 2.60 bits per heavy atom. The standard InChI is InChI=1S/C18H21FN4S.HI/c1-3-15-6-7-16(24-15)12-23-18(21-4-2)22-11-14-9-13(10-20)5-8-17(14)19;/h5-9H,3-4,11-12H2,1-2H3,(H2,21,22,23);1H. The summed E-state index contributed by atoms with van der Waals surface area (Å²) < 4.78 is 13.8. The van der Waals surface area contributed by atoms with Gasteiger partial charge in [-0.2, -0.15) is 5.26 Å².